The van der Waals surface area contributed by atoms with Crippen LogP contribution in [-0.4, -0.2) is 48.1 Å². The number of benzene rings is 1. The van der Waals surface area contributed by atoms with Gasteiger partial charge >= 0.3 is 0 Å². The Balaban J connectivity index is 1.63. The SMILES string of the molecule is CCC1CCN(C2(CN)CCN(Cc3ccccc3)C2)C1. The van der Waals surface area contributed by atoms with Gasteiger partial charge in [-0.25, -0.2) is 0 Å². The van der Waals surface area contributed by atoms with Crippen LogP contribution in [0.3, 0.4) is 0 Å². The Kier molecular flexibility index (Phi) is 4.63. The molecule has 0 aliphatic carbocycles. The summed E-state index contributed by atoms with van der Waals surface area (Å²) in [7, 11) is 0. The molecule has 0 amide bonds. The lowest BCUT2D eigenvalue weighted by molar-refractivity contribution is 0.121. The molecule has 1 aromatic carbocycles. The Morgan fingerprint density at radius 1 is 1.24 bits per heavy atom. The Morgan fingerprint density at radius 2 is 2.05 bits per heavy atom. The molecule has 2 fully saturated rings. The van der Waals surface area contributed by atoms with E-state index < -0.39 is 0 Å². The van der Waals surface area contributed by atoms with Gasteiger partial charge in [0.1, 0.15) is 0 Å². The molecule has 2 heterocycles. The highest BCUT2D eigenvalue weighted by Gasteiger charge is 2.44. The molecule has 2 atom stereocenters. The average Bonchev–Trinajstić information content (AvgIpc) is 3.15. The van der Waals surface area contributed by atoms with Gasteiger partial charge in [-0.15, -0.1) is 0 Å². The smallest absolute Gasteiger partial charge is 0.0470 e. The third-order valence-corrected chi connectivity index (χ3v) is 5.57. The molecule has 2 saturated heterocycles. The zero-order valence-electron chi connectivity index (χ0n) is 13.3. The molecule has 2 N–H and O–H groups in total. The Bertz CT molecular complexity index is 447. The molecule has 0 bridgehead atoms. The third-order valence-electron chi connectivity index (χ3n) is 5.57. The first-order valence-electron chi connectivity index (χ1n) is 8.47. The third kappa shape index (κ3) is 3.15. The molecule has 0 saturated carbocycles. The predicted molar refractivity (Wildman–Crippen MR) is 88.1 cm³/mol. The first kappa shape index (κ1) is 15.0. The molecule has 116 valence electrons. The van der Waals surface area contributed by atoms with Crippen molar-refractivity contribution in [2.75, 3.05) is 32.7 Å². The molecular formula is C18H29N3. The van der Waals surface area contributed by atoms with Gasteiger partial charge in [-0.05, 0) is 30.9 Å². The summed E-state index contributed by atoms with van der Waals surface area (Å²) in [5, 5.41) is 0. The van der Waals surface area contributed by atoms with E-state index in [9.17, 15) is 0 Å². The van der Waals surface area contributed by atoms with Crippen molar-refractivity contribution in [2.24, 2.45) is 11.7 Å². The van der Waals surface area contributed by atoms with Crippen molar-refractivity contribution in [1.29, 1.82) is 0 Å². The second-order valence-electron chi connectivity index (χ2n) is 6.88. The van der Waals surface area contributed by atoms with E-state index in [0.717, 1.165) is 25.6 Å². The molecule has 21 heavy (non-hydrogen) atoms. The molecule has 3 nitrogen and oxygen atoms in total. The minimum atomic E-state index is 0.235. The van der Waals surface area contributed by atoms with E-state index in [4.69, 9.17) is 5.73 Å². The first-order valence-corrected chi connectivity index (χ1v) is 8.47. The van der Waals surface area contributed by atoms with Crippen molar-refractivity contribution in [3.05, 3.63) is 35.9 Å². The lowest BCUT2D eigenvalue weighted by Crippen LogP contribution is -2.54. The molecule has 1 aromatic rings. The Labute approximate surface area is 129 Å². The number of hydrogen-bond acceptors (Lipinski definition) is 3. The van der Waals surface area contributed by atoms with Crippen LogP contribution in [0.2, 0.25) is 0 Å². The molecule has 2 unspecified atom stereocenters. The molecule has 3 rings (SSSR count). The van der Waals surface area contributed by atoms with E-state index in [-0.39, 0.29) is 5.54 Å². The van der Waals surface area contributed by atoms with Gasteiger partial charge in [-0.2, -0.15) is 0 Å². The Hall–Kier alpha value is -0.900. The van der Waals surface area contributed by atoms with Gasteiger partial charge in [0.15, 0.2) is 0 Å². The number of hydrogen-bond donors (Lipinski definition) is 1. The summed E-state index contributed by atoms with van der Waals surface area (Å²) in [6.45, 7) is 9.00. The fraction of sp³-hybridized carbons (Fsp3) is 0.667. The standard InChI is InChI=1S/C18H29N3/c1-2-16-8-10-21(13-16)18(14-19)9-11-20(15-18)12-17-6-4-3-5-7-17/h3-7,16H,2,8-15,19H2,1H3. The molecule has 0 aromatic heterocycles. The number of nitrogens with zero attached hydrogens (tertiary/aromatic N) is 2. The second kappa shape index (κ2) is 6.47. The largest absolute Gasteiger partial charge is 0.329 e. The van der Waals surface area contributed by atoms with Crippen molar-refractivity contribution in [3.8, 4) is 0 Å². The molecule has 0 spiro atoms. The van der Waals surface area contributed by atoms with Crippen molar-refractivity contribution < 1.29 is 0 Å². The van der Waals surface area contributed by atoms with Gasteiger partial charge in [-0.3, -0.25) is 9.80 Å². The number of rotatable bonds is 5. The van der Waals surface area contributed by atoms with Gasteiger partial charge in [0.25, 0.3) is 0 Å². The summed E-state index contributed by atoms with van der Waals surface area (Å²) in [5.74, 6) is 0.886. The molecule has 2 aliphatic heterocycles. The fourth-order valence-electron chi connectivity index (χ4n) is 4.07. The van der Waals surface area contributed by atoms with Crippen molar-refractivity contribution in [1.82, 2.24) is 9.80 Å². The highest BCUT2D eigenvalue weighted by Crippen LogP contribution is 2.33. The topological polar surface area (TPSA) is 32.5 Å². The van der Waals surface area contributed by atoms with E-state index in [1.54, 1.807) is 0 Å². The average molecular weight is 287 g/mol. The van der Waals surface area contributed by atoms with E-state index in [1.807, 2.05) is 0 Å². The van der Waals surface area contributed by atoms with Crippen LogP contribution in [0.1, 0.15) is 31.7 Å². The van der Waals surface area contributed by atoms with Gasteiger partial charge in [0.05, 0.1) is 0 Å². The summed E-state index contributed by atoms with van der Waals surface area (Å²) in [4.78, 5) is 5.29. The van der Waals surface area contributed by atoms with Crippen LogP contribution in [0.4, 0.5) is 0 Å². The maximum atomic E-state index is 6.22. The Morgan fingerprint density at radius 3 is 2.71 bits per heavy atom. The van der Waals surface area contributed by atoms with E-state index in [0.29, 0.717) is 0 Å². The normalized spacial score (nSPS) is 31.0. The highest BCUT2D eigenvalue weighted by molar-refractivity contribution is 5.15. The number of nitrogens with two attached hydrogens (primary N) is 1. The summed E-state index contributed by atoms with van der Waals surface area (Å²) < 4.78 is 0. The van der Waals surface area contributed by atoms with Gasteiger partial charge in [0.2, 0.25) is 0 Å². The van der Waals surface area contributed by atoms with Crippen LogP contribution >= 0.6 is 0 Å². The number of likely N-dealkylation sites (tertiary alicyclic amines) is 2. The summed E-state index contributed by atoms with van der Waals surface area (Å²) in [5.41, 5.74) is 7.87. The van der Waals surface area contributed by atoms with Gasteiger partial charge in [-0.1, -0.05) is 43.7 Å². The van der Waals surface area contributed by atoms with Crippen molar-refractivity contribution in [2.45, 2.75) is 38.3 Å². The molecule has 2 aliphatic rings. The quantitative estimate of drug-likeness (QED) is 0.902. The lowest BCUT2D eigenvalue weighted by Gasteiger charge is -2.38. The zero-order valence-corrected chi connectivity index (χ0v) is 13.3. The highest BCUT2D eigenvalue weighted by atomic mass is 15.3. The molecule has 0 radical (unpaired) electrons. The van der Waals surface area contributed by atoms with Gasteiger partial charge in [0, 0.05) is 38.3 Å². The molecule has 3 heteroatoms. The molecular weight excluding hydrogens is 258 g/mol. The van der Waals surface area contributed by atoms with E-state index in [1.165, 1.54) is 44.5 Å². The van der Waals surface area contributed by atoms with Crippen LogP contribution in [0.25, 0.3) is 0 Å². The van der Waals surface area contributed by atoms with E-state index in [2.05, 4.69) is 47.1 Å². The summed E-state index contributed by atoms with van der Waals surface area (Å²) in [6, 6.07) is 10.8. The monoisotopic (exact) mass is 287 g/mol. The summed E-state index contributed by atoms with van der Waals surface area (Å²) in [6.07, 6.45) is 3.90. The van der Waals surface area contributed by atoms with Crippen molar-refractivity contribution in [3.63, 3.8) is 0 Å². The second-order valence-corrected chi connectivity index (χ2v) is 6.88. The maximum absolute atomic E-state index is 6.22. The zero-order chi connectivity index (χ0) is 14.7. The fourth-order valence-corrected chi connectivity index (χ4v) is 4.07. The van der Waals surface area contributed by atoms with Crippen LogP contribution in [0.15, 0.2) is 30.3 Å². The summed E-state index contributed by atoms with van der Waals surface area (Å²) >= 11 is 0. The first-order chi connectivity index (χ1) is 10.3. The predicted octanol–water partition coefficient (Wildman–Crippen LogP) is 2.32. The van der Waals surface area contributed by atoms with Crippen LogP contribution in [0, 0.1) is 5.92 Å². The van der Waals surface area contributed by atoms with Crippen molar-refractivity contribution >= 4 is 0 Å². The van der Waals surface area contributed by atoms with Crippen LogP contribution in [-0.2, 0) is 6.54 Å². The van der Waals surface area contributed by atoms with Crippen LogP contribution < -0.4 is 5.73 Å². The van der Waals surface area contributed by atoms with Gasteiger partial charge < -0.3 is 5.73 Å². The van der Waals surface area contributed by atoms with Crippen LogP contribution in [0.5, 0.6) is 0 Å². The van der Waals surface area contributed by atoms with E-state index >= 15 is 0 Å². The minimum absolute atomic E-state index is 0.235. The maximum Gasteiger partial charge on any atom is 0.0470 e. The minimum Gasteiger partial charge on any atom is -0.329 e. The lowest BCUT2D eigenvalue weighted by atomic mass is 9.96.